The molecule has 3 rings (SSSR count). The monoisotopic (exact) mass is 319 g/mol. The van der Waals surface area contributed by atoms with Crippen molar-refractivity contribution < 1.29 is 14.6 Å². The van der Waals surface area contributed by atoms with Crippen molar-refractivity contribution in [3.8, 4) is 16.9 Å². The van der Waals surface area contributed by atoms with E-state index in [4.69, 9.17) is 16.3 Å². The molecule has 1 N–H and O–H groups in total. The molecule has 114 valence electrons. The van der Waals surface area contributed by atoms with Gasteiger partial charge in [0.1, 0.15) is 10.7 Å². The Morgan fingerprint density at radius 1 is 1.41 bits per heavy atom. The number of pyridine rings is 2. The molecule has 1 saturated heterocycles. The molecule has 0 atom stereocenters. The average molecular weight is 320 g/mol. The Balaban J connectivity index is 2.20. The zero-order chi connectivity index (χ0) is 15.7. The number of rotatable bonds is 4. The van der Waals surface area contributed by atoms with Crippen LogP contribution in [0.1, 0.15) is 16.8 Å². The molecule has 2 aromatic heterocycles. The van der Waals surface area contributed by atoms with Gasteiger partial charge in [-0.1, -0.05) is 11.6 Å². The standard InChI is InChI=1S/C15H14ClN3O3/c1-22-13-12(15(20)21)10(9-3-4-17-11(16)7-9)8-18-14(13)19-5-2-6-19/h3-4,7-8H,2,5-6H2,1H3,(H,20,21). The Morgan fingerprint density at radius 2 is 2.18 bits per heavy atom. The first-order chi connectivity index (χ1) is 10.6. The summed E-state index contributed by atoms with van der Waals surface area (Å²) >= 11 is 5.90. The normalized spacial score (nSPS) is 13.6. The fourth-order valence-electron chi connectivity index (χ4n) is 2.43. The number of aromatic nitrogens is 2. The summed E-state index contributed by atoms with van der Waals surface area (Å²) in [4.78, 5) is 22.1. The summed E-state index contributed by atoms with van der Waals surface area (Å²) in [6, 6.07) is 3.30. The third-order valence-electron chi connectivity index (χ3n) is 3.63. The van der Waals surface area contributed by atoms with Crippen LogP contribution in [0.5, 0.6) is 5.75 Å². The summed E-state index contributed by atoms with van der Waals surface area (Å²) in [5, 5.41) is 9.92. The number of nitrogens with zero attached hydrogens (tertiary/aromatic N) is 3. The van der Waals surface area contributed by atoms with E-state index in [0.717, 1.165) is 19.5 Å². The maximum absolute atomic E-state index is 11.8. The highest BCUT2D eigenvalue weighted by Crippen LogP contribution is 2.38. The van der Waals surface area contributed by atoms with Crippen LogP contribution in [-0.4, -0.2) is 41.2 Å². The van der Waals surface area contributed by atoms with Gasteiger partial charge < -0.3 is 14.7 Å². The number of aromatic carboxylic acids is 1. The van der Waals surface area contributed by atoms with Crippen LogP contribution in [0.2, 0.25) is 5.15 Å². The van der Waals surface area contributed by atoms with Gasteiger partial charge in [0.05, 0.1) is 7.11 Å². The smallest absolute Gasteiger partial charge is 0.340 e. The molecule has 6 nitrogen and oxygen atoms in total. The summed E-state index contributed by atoms with van der Waals surface area (Å²) in [7, 11) is 1.45. The highest BCUT2D eigenvalue weighted by Gasteiger charge is 2.27. The molecular formula is C15H14ClN3O3. The molecule has 0 aromatic carbocycles. The molecule has 1 aliphatic heterocycles. The van der Waals surface area contributed by atoms with Crippen LogP contribution in [-0.2, 0) is 0 Å². The lowest BCUT2D eigenvalue weighted by atomic mass is 10.0. The lowest BCUT2D eigenvalue weighted by molar-refractivity contribution is 0.0694. The molecule has 0 unspecified atom stereocenters. The molecule has 1 aliphatic rings. The topological polar surface area (TPSA) is 75.5 Å². The van der Waals surface area contributed by atoms with Crippen LogP contribution in [0.3, 0.4) is 0 Å². The van der Waals surface area contributed by atoms with Gasteiger partial charge in [-0.05, 0) is 24.1 Å². The molecule has 0 spiro atoms. The van der Waals surface area contributed by atoms with Crippen LogP contribution in [0.15, 0.2) is 24.5 Å². The van der Waals surface area contributed by atoms with Crippen molar-refractivity contribution in [1.82, 2.24) is 9.97 Å². The van der Waals surface area contributed by atoms with E-state index in [-0.39, 0.29) is 11.3 Å². The minimum atomic E-state index is -1.07. The number of ether oxygens (including phenoxy) is 1. The van der Waals surface area contributed by atoms with Gasteiger partial charge in [-0.2, -0.15) is 0 Å². The van der Waals surface area contributed by atoms with Gasteiger partial charge in [-0.15, -0.1) is 0 Å². The molecule has 0 aliphatic carbocycles. The van der Waals surface area contributed by atoms with Gasteiger partial charge in [-0.3, -0.25) is 0 Å². The van der Waals surface area contributed by atoms with E-state index in [0.29, 0.717) is 22.1 Å². The Bertz CT molecular complexity index is 732. The summed E-state index contributed by atoms with van der Waals surface area (Å²) in [5.41, 5.74) is 1.18. The van der Waals surface area contributed by atoms with E-state index in [1.54, 1.807) is 18.3 Å². The third kappa shape index (κ3) is 2.46. The summed E-state index contributed by atoms with van der Waals surface area (Å²) in [6.07, 6.45) is 4.14. The maximum Gasteiger partial charge on any atom is 0.340 e. The zero-order valence-electron chi connectivity index (χ0n) is 11.9. The summed E-state index contributed by atoms with van der Waals surface area (Å²) < 4.78 is 5.35. The van der Waals surface area contributed by atoms with Crippen molar-refractivity contribution in [3.63, 3.8) is 0 Å². The van der Waals surface area contributed by atoms with Gasteiger partial charge in [-0.25, -0.2) is 14.8 Å². The first kappa shape index (κ1) is 14.6. The third-order valence-corrected chi connectivity index (χ3v) is 3.83. The number of hydrogen-bond donors (Lipinski definition) is 1. The molecule has 1 fully saturated rings. The van der Waals surface area contributed by atoms with Crippen LogP contribution < -0.4 is 9.64 Å². The van der Waals surface area contributed by atoms with Crippen LogP contribution in [0.4, 0.5) is 5.82 Å². The second-order valence-electron chi connectivity index (χ2n) is 4.92. The van der Waals surface area contributed by atoms with Crippen LogP contribution in [0, 0.1) is 0 Å². The molecule has 0 amide bonds. The largest absolute Gasteiger partial charge is 0.492 e. The highest BCUT2D eigenvalue weighted by atomic mass is 35.5. The number of carboxylic acids is 1. The summed E-state index contributed by atoms with van der Waals surface area (Å²) in [5.74, 6) is -0.225. The Morgan fingerprint density at radius 3 is 2.73 bits per heavy atom. The number of hydrogen-bond acceptors (Lipinski definition) is 5. The van der Waals surface area contributed by atoms with Gasteiger partial charge in [0.15, 0.2) is 11.6 Å². The Kier molecular flexibility index (Phi) is 3.85. The van der Waals surface area contributed by atoms with Gasteiger partial charge >= 0.3 is 5.97 Å². The number of methoxy groups -OCH3 is 1. The first-order valence-electron chi connectivity index (χ1n) is 6.79. The van der Waals surface area contributed by atoms with Gasteiger partial charge in [0.2, 0.25) is 0 Å². The van der Waals surface area contributed by atoms with E-state index in [2.05, 4.69) is 9.97 Å². The number of halogens is 1. The fraction of sp³-hybridized carbons (Fsp3) is 0.267. The first-order valence-corrected chi connectivity index (χ1v) is 7.16. The van der Waals surface area contributed by atoms with Crippen molar-refractivity contribution >= 4 is 23.4 Å². The van der Waals surface area contributed by atoms with Crippen molar-refractivity contribution in [1.29, 1.82) is 0 Å². The van der Waals surface area contributed by atoms with E-state index in [9.17, 15) is 9.90 Å². The maximum atomic E-state index is 11.8. The lowest BCUT2D eigenvalue weighted by Crippen LogP contribution is -2.38. The zero-order valence-corrected chi connectivity index (χ0v) is 12.7. The minimum Gasteiger partial charge on any atom is -0.492 e. The van der Waals surface area contributed by atoms with Gasteiger partial charge in [0, 0.05) is 31.0 Å². The molecule has 22 heavy (non-hydrogen) atoms. The molecule has 0 bridgehead atoms. The molecule has 3 heterocycles. The highest BCUT2D eigenvalue weighted by molar-refractivity contribution is 6.29. The fourth-order valence-corrected chi connectivity index (χ4v) is 2.60. The SMILES string of the molecule is COc1c(N2CCC2)ncc(-c2ccnc(Cl)c2)c1C(=O)O. The molecular weight excluding hydrogens is 306 g/mol. The summed E-state index contributed by atoms with van der Waals surface area (Å²) in [6.45, 7) is 1.70. The average Bonchev–Trinajstić information content (AvgIpc) is 2.44. The second kappa shape index (κ2) is 5.81. The van der Waals surface area contributed by atoms with Crippen molar-refractivity contribution in [2.24, 2.45) is 0 Å². The van der Waals surface area contributed by atoms with Gasteiger partial charge in [0.25, 0.3) is 0 Å². The molecule has 7 heteroatoms. The van der Waals surface area contributed by atoms with E-state index < -0.39 is 5.97 Å². The van der Waals surface area contributed by atoms with Crippen molar-refractivity contribution in [3.05, 3.63) is 35.2 Å². The number of anilines is 1. The van der Waals surface area contributed by atoms with E-state index in [1.807, 2.05) is 4.90 Å². The molecule has 0 saturated carbocycles. The predicted molar refractivity (Wildman–Crippen MR) is 82.8 cm³/mol. The number of carboxylic acid groups (broad SMARTS) is 1. The Labute approximate surface area is 132 Å². The lowest BCUT2D eigenvalue weighted by Gasteiger charge is -2.33. The quantitative estimate of drug-likeness (QED) is 0.873. The second-order valence-corrected chi connectivity index (χ2v) is 5.30. The minimum absolute atomic E-state index is 0.0849. The molecule has 0 radical (unpaired) electrons. The molecule has 2 aromatic rings. The van der Waals surface area contributed by atoms with Crippen molar-refractivity contribution in [2.45, 2.75) is 6.42 Å². The van der Waals surface area contributed by atoms with Crippen molar-refractivity contribution in [2.75, 3.05) is 25.1 Å². The van der Waals surface area contributed by atoms with Crippen LogP contribution in [0.25, 0.3) is 11.1 Å². The predicted octanol–water partition coefficient (Wildman–Crippen LogP) is 2.71. The van der Waals surface area contributed by atoms with E-state index in [1.165, 1.54) is 13.3 Å². The van der Waals surface area contributed by atoms with Crippen LogP contribution >= 0.6 is 11.6 Å². The Hall–Kier alpha value is -2.34. The number of carbonyl (C=O) groups is 1. The van der Waals surface area contributed by atoms with E-state index >= 15 is 0 Å².